The second kappa shape index (κ2) is 9.46. The molecule has 0 spiro atoms. The molecule has 1 aromatic heterocycles. The number of carboxylic acid groups (broad SMARTS) is 1. The Labute approximate surface area is 207 Å². The van der Waals surface area contributed by atoms with Crippen LogP contribution in [0.5, 0.6) is 28.7 Å². The van der Waals surface area contributed by atoms with E-state index in [-0.39, 0.29) is 28.7 Å². The molecule has 6 N–H and O–H groups in total. The number of hydrogen-bond acceptors (Lipinski definition) is 10. The standard InChI is InChI=1S/C26H20O11/c1-36-19(31)9-14(11-2-4-12(5-3-11)26(34)35)20-17(29)10-18(30)21-22(32)23(33)24(37-25(20)21)13-6-7-15(27)16(28)8-13/h2-8,10,14,27-30,33H,9H2,1H3,(H,34,35)/t14-/m0/s1. The van der Waals surface area contributed by atoms with Gasteiger partial charge in [-0.2, -0.15) is 0 Å². The summed E-state index contributed by atoms with van der Waals surface area (Å²) in [4.78, 5) is 36.7. The quantitative estimate of drug-likeness (QED) is 0.165. The van der Waals surface area contributed by atoms with E-state index in [2.05, 4.69) is 0 Å². The molecule has 0 radical (unpaired) electrons. The Hall–Kier alpha value is -5.19. The summed E-state index contributed by atoms with van der Waals surface area (Å²) in [5.41, 5.74) is -1.28. The van der Waals surface area contributed by atoms with Crippen LogP contribution in [0, 0.1) is 0 Å². The average Bonchev–Trinajstić information content (AvgIpc) is 2.86. The number of carboxylic acids is 1. The van der Waals surface area contributed by atoms with Crippen LogP contribution < -0.4 is 5.43 Å². The highest BCUT2D eigenvalue weighted by Crippen LogP contribution is 2.45. The third-order valence-corrected chi connectivity index (χ3v) is 5.88. The third-order valence-electron chi connectivity index (χ3n) is 5.88. The fourth-order valence-corrected chi connectivity index (χ4v) is 4.04. The fraction of sp³-hybridized carbons (Fsp3) is 0.115. The van der Waals surface area contributed by atoms with Crippen LogP contribution in [0.3, 0.4) is 0 Å². The van der Waals surface area contributed by atoms with Crippen molar-refractivity contribution in [2.24, 2.45) is 0 Å². The Balaban J connectivity index is 2.06. The first kappa shape index (κ1) is 24.9. The molecule has 0 bridgehead atoms. The van der Waals surface area contributed by atoms with Gasteiger partial charge in [-0.25, -0.2) is 4.79 Å². The minimum absolute atomic E-state index is 0.0177. The Morgan fingerprint density at radius 3 is 2.16 bits per heavy atom. The Kier molecular flexibility index (Phi) is 6.37. The van der Waals surface area contributed by atoms with Crippen molar-refractivity contribution in [2.75, 3.05) is 7.11 Å². The van der Waals surface area contributed by atoms with Crippen LogP contribution in [0.2, 0.25) is 0 Å². The number of benzene rings is 3. The predicted molar refractivity (Wildman–Crippen MR) is 128 cm³/mol. The monoisotopic (exact) mass is 508 g/mol. The molecule has 0 amide bonds. The van der Waals surface area contributed by atoms with Gasteiger partial charge in [0.2, 0.25) is 11.2 Å². The van der Waals surface area contributed by atoms with E-state index in [4.69, 9.17) is 9.15 Å². The molecule has 4 rings (SSSR count). The van der Waals surface area contributed by atoms with E-state index in [1.807, 2.05) is 0 Å². The van der Waals surface area contributed by atoms with Crippen molar-refractivity contribution in [3.63, 3.8) is 0 Å². The van der Waals surface area contributed by atoms with Gasteiger partial charge in [0.1, 0.15) is 22.5 Å². The molecular formula is C26H20O11. The summed E-state index contributed by atoms with van der Waals surface area (Å²) in [6.07, 6.45) is -0.379. The molecule has 190 valence electrons. The van der Waals surface area contributed by atoms with Crippen molar-refractivity contribution in [1.82, 2.24) is 0 Å². The van der Waals surface area contributed by atoms with Gasteiger partial charge in [-0.3, -0.25) is 9.59 Å². The maximum Gasteiger partial charge on any atom is 0.335 e. The lowest BCUT2D eigenvalue weighted by molar-refractivity contribution is -0.140. The van der Waals surface area contributed by atoms with Gasteiger partial charge in [0.05, 0.1) is 19.1 Å². The van der Waals surface area contributed by atoms with E-state index >= 15 is 0 Å². The zero-order valence-electron chi connectivity index (χ0n) is 19.1. The molecule has 37 heavy (non-hydrogen) atoms. The van der Waals surface area contributed by atoms with Crippen molar-refractivity contribution in [2.45, 2.75) is 12.3 Å². The van der Waals surface area contributed by atoms with Gasteiger partial charge < -0.3 is 39.8 Å². The number of aromatic hydroxyl groups is 5. The maximum atomic E-state index is 13.1. The largest absolute Gasteiger partial charge is 0.507 e. The number of carbonyl (C=O) groups is 2. The molecule has 1 heterocycles. The first-order chi connectivity index (χ1) is 17.5. The summed E-state index contributed by atoms with van der Waals surface area (Å²) in [7, 11) is 1.15. The van der Waals surface area contributed by atoms with E-state index in [1.54, 1.807) is 0 Å². The first-order valence-electron chi connectivity index (χ1n) is 10.7. The van der Waals surface area contributed by atoms with Crippen LogP contribution in [0.25, 0.3) is 22.3 Å². The molecule has 11 heteroatoms. The third kappa shape index (κ3) is 4.45. The van der Waals surface area contributed by atoms with Crippen molar-refractivity contribution in [3.8, 4) is 40.1 Å². The minimum atomic E-state index is -1.18. The highest BCUT2D eigenvalue weighted by atomic mass is 16.5. The minimum Gasteiger partial charge on any atom is -0.507 e. The van der Waals surface area contributed by atoms with Gasteiger partial charge in [-0.15, -0.1) is 0 Å². The van der Waals surface area contributed by atoms with Crippen LogP contribution in [0.15, 0.2) is 57.7 Å². The van der Waals surface area contributed by atoms with E-state index < -0.39 is 63.2 Å². The summed E-state index contributed by atoms with van der Waals surface area (Å²) in [6.45, 7) is 0. The Morgan fingerprint density at radius 1 is 0.892 bits per heavy atom. The number of ether oxygens (including phenoxy) is 1. The van der Waals surface area contributed by atoms with Gasteiger partial charge >= 0.3 is 11.9 Å². The van der Waals surface area contributed by atoms with Crippen LogP contribution in [-0.4, -0.2) is 49.7 Å². The molecule has 0 aliphatic heterocycles. The number of carbonyl (C=O) groups excluding carboxylic acids is 1. The second-order valence-corrected chi connectivity index (χ2v) is 8.11. The van der Waals surface area contributed by atoms with Gasteiger partial charge in [0.15, 0.2) is 17.3 Å². The molecule has 0 unspecified atom stereocenters. The average molecular weight is 508 g/mol. The molecule has 1 atom stereocenters. The van der Waals surface area contributed by atoms with Crippen LogP contribution in [0.1, 0.15) is 33.8 Å². The molecule has 0 saturated carbocycles. The molecule has 4 aromatic rings. The number of rotatable bonds is 6. The summed E-state index contributed by atoms with van der Waals surface area (Å²) in [5, 5.41) is 60.1. The lowest BCUT2D eigenvalue weighted by atomic mass is 9.86. The SMILES string of the molecule is COC(=O)C[C@@H](c1ccc(C(=O)O)cc1)c1c(O)cc(O)c2c(=O)c(O)c(-c3ccc(O)c(O)c3)oc12. The fourth-order valence-electron chi connectivity index (χ4n) is 4.04. The normalized spacial score (nSPS) is 11.8. The highest BCUT2D eigenvalue weighted by molar-refractivity contribution is 5.92. The van der Waals surface area contributed by atoms with Gasteiger partial charge in [-0.1, -0.05) is 12.1 Å². The lowest BCUT2D eigenvalue weighted by Crippen LogP contribution is -2.13. The number of hydrogen-bond donors (Lipinski definition) is 6. The lowest BCUT2D eigenvalue weighted by Gasteiger charge is -2.20. The molecule has 0 fully saturated rings. The van der Waals surface area contributed by atoms with Gasteiger partial charge in [0.25, 0.3) is 0 Å². The van der Waals surface area contributed by atoms with E-state index in [1.165, 1.54) is 30.3 Å². The summed E-state index contributed by atoms with van der Waals surface area (Å²) < 4.78 is 10.6. The van der Waals surface area contributed by atoms with Crippen LogP contribution in [0.4, 0.5) is 0 Å². The van der Waals surface area contributed by atoms with Crippen molar-refractivity contribution in [1.29, 1.82) is 0 Å². The van der Waals surface area contributed by atoms with E-state index in [0.717, 1.165) is 25.3 Å². The van der Waals surface area contributed by atoms with Gasteiger partial charge in [-0.05, 0) is 35.9 Å². The predicted octanol–water partition coefficient (Wildman–Crippen LogP) is 3.38. The van der Waals surface area contributed by atoms with Crippen molar-refractivity contribution >= 4 is 22.9 Å². The highest BCUT2D eigenvalue weighted by Gasteiger charge is 2.30. The van der Waals surface area contributed by atoms with Crippen molar-refractivity contribution in [3.05, 3.63) is 75.4 Å². The zero-order chi connectivity index (χ0) is 27.0. The van der Waals surface area contributed by atoms with Crippen LogP contribution in [-0.2, 0) is 9.53 Å². The molecular weight excluding hydrogens is 488 g/mol. The molecule has 0 saturated heterocycles. The number of phenols is 4. The maximum absolute atomic E-state index is 13.1. The van der Waals surface area contributed by atoms with Crippen molar-refractivity contribution < 1.29 is 49.4 Å². The van der Waals surface area contributed by atoms with Crippen LogP contribution >= 0.6 is 0 Å². The van der Waals surface area contributed by atoms with E-state index in [9.17, 15) is 45.0 Å². The Bertz CT molecular complexity index is 1600. The molecule has 3 aromatic carbocycles. The smallest absolute Gasteiger partial charge is 0.335 e. The number of aromatic carboxylic acids is 1. The molecule has 11 nitrogen and oxygen atoms in total. The number of phenolic OH excluding ortho intramolecular Hbond substituents is 4. The number of esters is 1. The topological polar surface area (TPSA) is 195 Å². The second-order valence-electron chi connectivity index (χ2n) is 8.11. The summed E-state index contributed by atoms with van der Waals surface area (Å²) in [6, 6.07) is 9.62. The number of methoxy groups -OCH3 is 1. The Morgan fingerprint density at radius 2 is 1.57 bits per heavy atom. The molecule has 0 aliphatic rings. The number of fused-ring (bicyclic) bond motifs is 1. The molecule has 0 aliphatic carbocycles. The summed E-state index contributed by atoms with van der Waals surface area (Å²) >= 11 is 0. The van der Waals surface area contributed by atoms with E-state index in [0.29, 0.717) is 5.56 Å². The summed E-state index contributed by atoms with van der Waals surface area (Å²) in [5.74, 6) is -6.61. The van der Waals surface area contributed by atoms with Gasteiger partial charge in [0, 0.05) is 23.1 Å². The first-order valence-corrected chi connectivity index (χ1v) is 10.7. The zero-order valence-corrected chi connectivity index (χ0v) is 19.1.